The first kappa shape index (κ1) is 17.5. The minimum absolute atomic E-state index is 0.202. The molecule has 1 fully saturated rings. The number of hydrogen-bond donors (Lipinski definition) is 1. The van der Waals surface area contributed by atoms with Crippen molar-refractivity contribution >= 4 is 11.9 Å². The molecule has 0 aliphatic heterocycles. The van der Waals surface area contributed by atoms with Crippen molar-refractivity contribution in [2.24, 2.45) is 7.05 Å². The van der Waals surface area contributed by atoms with Gasteiger partial charge < -0.3 is 10.1 Å². The number of amides is 1. The van der Waals surface area contributed by atoms with Gasteiger partial charge in [0.25, 0.3) is 5.91 Å². The molecule has 1 aliphatic carbocycles. The quantitative estimate of drug-likeness (QED) is 0.683. The molecule has 6 heteroatoms. The molecule has 0 aromatic carbocycles. The van der Waals surface area contributed by atoms with Crippen molar-refractivity contribution in [3.05, 3.63) is 17.0 Å². The summed E-state index contributed by atoms with van der Waals surface area (Å²) in [6, 6.07) is 0.202. The lowest BCUT2D eigenvalue weighted by Gasteiger charge is -2.19. The Hall–Kier alpha value is -1.85. The van der Waals surface area contributed by atoms with E-state index < -0.39 is 12.1 Å². The van der Waals surface area contributed by atoms with Crippen LogP contribution in [0, 0.1) is 13.8 Å². The lowest BCUT2D eigenvalue weighted by atomic mass is 10.1. The first-order valence-electron chi connectivity index (χ1n) is 8.41. The van der Waals surface area contributed by atoms with Gasteiger partial charge in [0.05, 0.1) is 5.69 Å². The topological polar surface area (TPSA) is 73.2 Å². The third-order valence-electron chi connectivity index (χ3n) is 4.57. The van der Waals surface area contributed by atoms with Gasteiger partial charge in [-0.3, -0.25) is 9.48 Å². The highest BCUT2D eigenvalue weighted by Crippen LogP contribution is 2.18. The number of carbonyl (C=O) groups excluding carboxylic acids is 2. The Balaban J connectivity index is 1.93. The summed E-state index contributed by atoms with van der Waals surface area (Å²) in [7, 11) is 1.78. The van der Waals surface area contributed by atoms with Gasteiger partial charge in [-0.15, -0.1) is 0 Å². The van der Waals surface area contributed by atoms with Crippen LogP contribution in [0.3, 0.4) is 0 Å². The van der Waals surface area contributed by atoms with Crippen molar-refractivity contribution in [1.82, 2.24) is 15.1 Å². The lowest BCUT2D eigenvalue weighted by Crippen LogP contribution is -2.41. The van der Waals surface area contributed by atoms with Gasteiger partial charge >= 0.3 is 5.97 Å². The van der Waals surface area contributed by atoms with Gasteiger partial charge in [-0.1, -0.05) is 25.7 Å². The standard InChI is InChI=1S/C17H27N3O3/c1-11-15(12(2)20(4)19-11)17(22)23-13(3)16(21)18-14-9-7-5-6-8-10-14/h13-14H,5-10H2,1-4H3,(H,18,21)/t13-/m1/s1. The van der Waals surface area contributed by atoms with Crippen LogP contribution in [-0.4, -0.2) is 33.8 Å². The zero-order chi connectivity index (χ0) is 17.0. The molecule has 1 N–H and O–H groups in total. The molecule has 1 atom stereocenters. The van der Waals surface area contributed by atoms with Crippen molar-refractivity contribution < 1.29 is 14.3 Å². The summed E-state index contributed by atoms with van der Waals surface area (Å²) in [6.45, 7) is 5.19. The smallest absolute Gasteiger partial charge is 0.342 e. The summed E-state index contributed by atoms with van der Waals surface area (Å²) in [5.41, 5.74) is 1.80. The molecule has 1 saturated carbocycles. The Morgan fingerprint density at radius 3 is 2.35 bits per heavy atom. The van der Waals surface area contributed by atoms with E-state index >= 15 is 0 Å². The van der Waals surface area contributed by atoms with Crippen molar-refractivity contribution in [2.75, 3.05) is 0 Å². The van der Waals surface area contributed by atoms with Crippen LogP contribution in [0.15, 0.2) is 0 Å². The fourth-order valence-corrected chi connectivity index (χ4v) is 3.08. The van der Waals surface area contributed by atoms with Crippen LogP contribution >= 0.6 is 0 Å². The first-order valence-corrected chi connectivity index (χ1v) is 8.41. The van der Waals surface area contributed by atoms with Gasteiger partial charge in [-0.25, -0.2) is 4.79 Å². The number of nitrogens with one attached hydrogen (secondary N) is 1. The Morgan fingerprint density at radius 2 is 1.83 bits per heavy atom. The molecule has 0 unspecified atom stereocenters. The summed E-state index contributed by atoms with van der Waals surface area (Å²) in [5.74, 6) is -0.707. The van der Waals surface area contributed by atoms with E-state index in [4.69, 9.17) is 4.74 Å². The highest BCUT2D eigenvalue weighted by atomic mass is 16.5. The van der Waals surface area contributed by atoms with Crippen LogP contribution in [0.2, 0.25) is 0 Å². The molecule has 0 saturated heterocycles. The average Bonchev–Trinajstić information content (AvgIpc) is 2.68. The second kappa shape index (κ2) is 7.62. The summed E-state index contributed by atoms with van der Waals surface area (Å²) >= 11 is 0. The second-order valence-electron chi connectivity index (χ2n) is 6.41. The number of carbonyl (C=O) groups is 2. The maximum atomic E-state index is 12.3. The summed E-state index contributed by atoms with van der Waals surface area (Å²) in [5, 5.41) is 7.22. The van der Waals surface area contributed by atoms with Crippen molar-refractivity contribution in [2.45, 2.75) is 71.4 Å². The molecule has 1 aromatic rings. The highest BCUT2D eigenvalue weighted by molar-refractivity contribution is 5.94. The summed E-state index contributed by atoms with van der Waals surface area (Å²) in [6.07, 6.45) is 5.97. The first-order chi connectivity index (χ1) is 10.9. The van der Waals surface area contributed by atoms with Gasteiger partial charge in [0.2, 0.25) is 0 Å². The Kier molecular flexibility index (Phi) is 5.80. The molecule has 1 aliphatic rings. The van der Waals surface area contributed by atoms with E-state index in [1.165, 1.54) is 12.8 Å². The molecule has 23 heavy (non-hydrogen) atoms. The van der Waals surface area contributed by atoms with Crippen LogP contribution in [0.25, 0.3) is 0 Å². The number of hydrogen-bond acceptors (Lipinski definition) is 4. The zero-order valence-electron chi connectivity index (χ0n) is 14.5. The van der Waals surface area contributed by atoms with Gasteiger partial charge in [-0.2, -0.15) is 5.10 Å². The van der Waals surface area contributed by atoms with E-state index in [2.05, 4.69) is 10.4 Å². The summed E-state index contributed by atoms with van der Waals surface area (Å²) < 4.78 is 6.98. The van der Waals surface area contributed by atoms with Gasteiger partial charge in [0, 0.05) is 18.8 Å². The van der Waals surface area contributed by atoms with E-state index in [0.717, 1.165) is 31.4 Å². The SMILES string of the molecule is Cc1nn(C)c(C)c1C(=O)O[C@H](C)C(=O)NC1CCCCCC1. The molecule has 1 aromatic heterocycles. The number of aryl methyl sites for hydroxylation is 2. The fourth-order valence-electron chi connectivity index (χ4n) is 3.08. The van der Waals surface area contributed by atoms with Gasteiger partial charge in [-0.05, 0) is 33.6 Å². The third-order valence-corrected chi connectivity index (χ3v) is 4.57. The van der Waals surface area contributed by atoms with Gasteiger partial charge in [0.15, 0.2) is 6.10 Å². The number of aromatic nitrogens is 2. The number of esters is 1. The maximum absolute atomic E-state index is 12.3. The van der Waals surface area contributed by atoms with Crippen LogP contribution in [-0.2, 0) is 16.6 Å². The number of ether oxygens (including phenoxy) is 1. The van der Waals surface area contributed by atoms with Crippen LogP contribution in [0.4, 0.5) is 0 Å². The Labute approximate surface area is 137 Å². The molecule has 0 radical (unpaired) electrons. The molecule has 6 nitrogen and oxygen atoms in total. The van der Waals surface area contributed by atoms with E-state index in [9.17, 15) is 9.59 Å². The highest BCUT2D eigenvalue weighted by Gasteiger charge is 2.25. The predicted octanol–water partition coefficient (Wildman–Crippen LogP) is 2.42. The molecule has 1 amide bonds. The van der Waals surface area contributed by atoms with Gasteiger partial charge in [0.1, 0.15) is 5.56 Å². The number of nitrogens with zero attached hydrogens (tertiary/aromatic N) is 2. The van der Waals surface area contributed by atoms with Crippen molar-refractivity contribution in [1.29, 1.82) is 0 Å². The van der Waals surface area contributed by atoms with Crippen molar-refractivity contribution in [3.63, 3.8) is 0 Å². The van der Waals surface area contributed by atoms with E-state index in [1.807, 2.05) is 6.92 Å². The summed E-state index contributed by atoms with van der Waals surface area (Å²) in [4.78, 5) is 24.6. The maximum Gasteiger partial charge on any atom is 0.342 e. The lowest BCUT2D eigenvalue weighted by molar-refractivity contribution is -0.129. The van der Waals surface area contributed by atoms with E-state index in [0.29, 0.717) is 11.3 Å². The zero-order valence-corrected chi connectivity index (χ0v) is 14.5. The Bertz CT molecular complexity index is 572. The average molecular weight is 321 g/mol. The molecule has 128 valence electrons. The molecule has 1 heterocycles. The van der Waals surface area contributed by atoms with Crippen LogP contribution in [0.1, 0.15) is 67.2 Å². The normalized spacial score (nSPS) is 17.4. The Morgan fingerprint density at radius 1 is 1.22 bits per heavy atom. The molecule has 0 bridgehead atoms. The minimum atomic E-state index is -0.801. The molecule has 2 rings (SSSR count). The van der Waals surface area contributed by atoms with E-state index in [-0.39, 0.29) is 11.9 Å². The van der Waals surface area contributed by atoms with Crippen LogP contribution in [0.5, 0.6) is 0 Å². The minimum Gasteiger partial charge on any atom is -0.449 e. The van der Waals surface area contributed by atoms with E-state index in [1.54, 1.807) is 25.6 Å². The predicted molar refractivity (Wildman–Crippen MR) is 87.2 cm³/mol. The van der Waals surface area contributed by atoms with Crippen molar-refractivity contribution in [3.8, 4) is 0 Å². The fraction of sp³-hybridized carbons (Fsp3) is 0.706. The molecular weight excluding hydrogens is 294 g/mol. The van der Waals surface area contributed by atoms with Crippen LogP contribution < -0.4 is 5.32 Å². The third kappa shape index (κ3) is 4.33. The number of rotatable bonds is 4. The second-order valence-corrected chi connectivity index (χ2v) is 6.41. The molecule has 0 spiro atoms. The molecular formula is C17H27N3O3. The monoisotopic (exact) mass is 321 g/mol. The largest absolute Gasteiger partial charge is 0.449 e.